The van der Waals surface area contributed by atoms with Gasteiger partial charge in [-0.15, -0.1) is 0 Å². The van der Waals surface area contributed by atoms with Crippen molar-refractivity contribution in [3.63, 3.8) is 0 Å². The number of carbonyl (C=O) groups excluding carboxylic acids is 3. The molecule has 2 aliphatic rings. The molecule has 1 aromatic carbocycles. The van der Waals surface area contributed by atoms with E-state index >= 15 is 0 Å². The summed E-state index contributed by atoms with van der Waals surface area (Å²) in [5.41, 5.74) is -0.757. The van der Waals surface area contributed by atoms with E-state index in [0.717, 1.165) is 29.9 Å². The Morgan fingerprint density at radius 1 is 1.11 bits per heavy atom. The maximum atomic E-state index is 12.9. The number of rotatable bonds is 7. The molecule has 2 fully saturated rings. The second-order valence-electron chi connectivity index (χ2n) is 7.20. The third-order valence-electron chi connectivity index (χ3n) is 5.54. The molecule has 0 radical (unpaired) electrons. The standard InChI is InChI=1S/C20H27N3O5/c1-22-19(26)23(18(25)20(22)10-4-3-5-11-20)14-17(24)21-12-13-28-16-8-6-15(27-2)7-9-16/h6-9H,3-5,10-14H2,1-2H3,(H,21,24). The first-order chi connectivity index (χ1) is 13.5. The molecular formula is C20H27N3O5. The Morgan fingerprint density at radius 2 is 1.75 bits per heavy atom. The van der Waals surface area contributed by atoms with E-state index in [-0.39, 0.29) is 31.5 Å². The summed E-state index contributed by atoms with van der Waals surface area (Å²) in [6.07, 6.45) is 4.26. The van der Waals surface area contributed by atoms with Crippen molar-refractivity contribution in [2.45, 2.75) is 37.6 Å². The second kappa shape index (κ2) is 8.50. The Hall–Kier alpha value is -2.77. The molecule has 0 unspecified atom stereocenters. The lowest BCUT2D eigenvalue weighted by Gasteiger charge is -2.35. The van der Waals surface area contributed by atoms with E-state index in [1.165, 1.54) is 4.90 Å². The molecule has 1 heterocycles. The SMILES string of the molecule is COc1ccc(OCCNC(=O)CN2C(=O)N(C)C3(CCCCC3)C2=O)cc1. The van der Waals surface area contributed by atoms with Gasteiger partial charge in [0, 0.05) is 7.05 Å². The molecule has 1 spiro atoms. The molecule has 1 aliphatic carbocycles. The fourth-order valence-corrected chi connectivity index (χ4v) is 3.90. The first-order valence-corrected chi connectivity index (χ1v) is 9.61. The van der Waals surface area contributed by atoms with E-state index < -0.39 is 11.6 Å². The summed E-state index contributed by atoms with van der Waals surface area (Å²) in [5.74, 6) is 0.785. The minimum absolute atomic E-state index is 0.246. The summed E-state index contributed by atoms with van der Waals surface area (Å²) in [7, 11) is 3.25. The summed E-state index contributed by atoms with van der Waals surface area (Å²) in [6, 6.07) is 6.74. The predicted octanol–water partition coefficient (Wildman–Crippen LogP) is 1.79. The van der Waals surface area contributed by atoms with Gasteiger partial charge in [-0.05, 0) is 37.1 Å². The van der Waals surface area contributed by atoms with E-state index in [2.05, 4.69) is 5.32 Å². The lowest BCUT2D eigenvalue weighted by atomic mass is 9.81. The van der Waals surface area contributed by atoms with Crippen LogP contribution in [-0.2, 0) is 9.59 Å². The van der Waals surface area contributed by atoms with Crippen molar-refractivity contribution in [3.05, 3.63) is 24.3 Å². The zero-order chi connectivity index (χ0) is 20.1. The number of hydrogen-bond acceptors (Lipinski definition) is 5. The molecule has 0 aromatic heterocycles. The summed E-state index contributed by atoms with van der Waals surface area (Å²) < 4.78 is 10.6. The number of hydrogen-bond donors (Lipinski definition) is 1. The molecule has 152 valence electrons. The number of urea groups is 1. The Kier molecular flexibility index (Phi) is 6.06. The average Bonchev–Trinajstić information content (AvgIpc) is 2.88. The van der Waals surface area contributed by atoms with Crippen LogP contribution in [0, 0.1) is 0 Å². The number of likely N-dealkylation sites (N-methyl/N-ethyl adjacent to an activating group) is 1. The number of nitrogens with one attached hydrogen (secondary N) is 1. The molecule has 8 nitrogen and oxygen atoms in total. The summed E-state index contributed by atoms with van der Waals surface area (Å²) in [4.78, 5) is 40.2. The zero-order valence-electron chi connectivity index (χ0n) is 16.4. The van der Waals surface area contributed by atoms with Gasteiger partial charge in [0.25, 0.3) is 5.91 Å². The van der Waals surface area contributed by atoms with Crippen LogP contribution in [-0.4, -0.2) is 67.0 Å². The van der Waals surface area contributed by atoms with E-state index in [9.17, 15) is 14.4 Å². The van der Waals surface area contributed by atoms with Gasteiger partial charge in [-0.3, -0.25) is 14.5 Å². The van der Waals surface area contributed by atoms with Gasteiger partial charge in [-0.1, -0.05) is 19.3 Å². The Bertz CT molecular complexity index is 728. The van der Waals surface area contributed by atoms with Crippen LogP contribution in [0.25, 0.3) is 0 Å². The molecule has 28 heavy (non-hydrogen) atoms. The topological polar surface area (TPSA) is 88.2 Å². The Labute approximate surface area is 164 Å². The van der Waals surface area contributed by atoms with Crippen LogP contribution < -0.4 is 14.8 Å². The third kappa shape index (κ3) is 3.90. The van der Waals surface area contributed by atoms with Gasteiger partial charge in [-0.2, -0.15) is 0 Å². The van der Waals surface area contributed by atoms with Crippen LogP contribution in [0.15, 0.2) is 24.3 Å². The zero-order valence-corrected chi connectivity index (χ0v) is 16.4. The van der Waals surface area contributed by atoms with Crippen LogP contribution in [0.1, 0.15) is 32.1 Å². The molecule has 1 aliphatic heterocycles. The van der Waals surface area contributed by atoms with Gasteiger partial charge >= 0.3 is 6.03 Å². The quantitative estimate of drug-likeness (QED) is 0.567. The van der Waals surface area contributed by atoms with Crippen LogP contribution in [0.3, 0.4) is 0 Å². The van der Waals surface area contributed by atoms with Gasteiger partial charge in [0.15, 0.2) is 0 Å². The van der Waals surface area contributed by atoms with Gasteiger partial charge in [0.2, 0.25) is 5.91 Å². The van der Waals surface area contributed by atoms with Gasteiger partial charge in [0.1, 0.15) is 30.2 Å². The fraction of sp³-hybridized carbons (Fsp3) is 0.550. The Morgan fingerprint density at radius 3 is 2.39 bits per heavy atom. The van der Waals surface area contributed by atoms with Crippen LogP contribution in [0.2, 0.25) is 0 Å². The molecule has 0 atom stereocenters. The van der Waals surface area contributed by atoms with Crippen LogP contribution in [0.5, 0.6) is 11.5 Å². The number of ether oxygens (including phenoxy) is 2. The largest absolute Gasteiger partial charge is 0.497 e. The first-order valence-electron chi connectivity index (χ1n) is 9.61. The highest BCUT2D eigenvalue weighted by Crippen LogP contribution is 2.39. The molecule has 1 N–H and O–H groups in total. The normalized spacial score (nSPS) is 18.5. The van der Waals surface area contributed by atoms with Crippen molar-refractivity contribution < 1.29 is 23.9 Å². The van der Waals surface area contributed by atoms with Crippen LogP contribution >= 0.6 is 0 Å². The van der Waals surface area contributed by atoms with Crippen molar-refractivity contribution >= 4 is 17.8 Å². The smallest absolute Gasteiger partial charge is 0.327 e. The highest BCUT2D eigenvalue weighted by molar-refractivity contribution is 6.08. The number of nitrogens with zero attached hydrogens (tertiary/aromatic N) is 2. The maximum Gasteiger partial charge on any atom is 0.327 e. The predicted molar refractivity (Wildman–Crippen MR) is 102 cm³/mol. The van der Waals surface area contributed by atoms with Crippen molar-refractivity contribution in [2.75, 3.05) is 33.9 Å². The number of carbonyl (C=O) groups is 3. The van der Waals surface area contributed by atoms with Crippen molar-refractivity contribution in [1.82, 2.24) is 15.1 Å². The lowest BCUT2D eigenvalue weighted by Crippen LogP contribution is -2.49. The molecule has 1 saturated heterocycles. The minimum atomic E-state index is -0.757. The van der Waals surface area contributed by atoms with E-state index in [1.807, 2.05) is 0 Å². The van der Waals surface area contributed by atoms with Crippen molar-refractivity contribution in [1.29, 1.82) is 0 Å². The molecular weight excluding hydrogens is 362 g/mol. The van der Waals surface area contributed by atoms with E-state index in [4.69, 9.17) is 9.47 Å². The number of benzene rings is 1. The van der Waals surface area contributed by atoms with E-state index in [1.54, 1.807) is 38.4 Å². The minimum Gasteiger partial charge on any atom is -0.497 e. The highest BCUT2D eigenvalue weighted by Gasteiger charge is 2.55. The molecule has 3 rings (SSSR count). The van der Waals surface area contributed by atoms with Crippen LogP contribution in [0.4, 0.5) is 4.79 Å². The number of imide groups is 1. The molecule has 1 aromatic rings. The number of amides is 4. The summed E-state index contributed by atoms with van der Waals surface area (Å²) in [5, 5.41) is 2.70. The molecule has 1 saturated carbocycles. The lowest BCUT2D eigenvalue weighted by molar-refractivity contribution is -0.137. The van der Waals surface area contributed by atoms with Gasteiger partial charge in [0.05, 0.1) is 13.7 Å². The molecule has 8 heteroatoms. The monoisotopic (exact) mass is 389 g/mol. The van der Waals surface area contributed by atoms with Gasteiger partial charge < -0.3 is 19.7 Å². The summed E-state index contributed by atoms with van der Waals surface area (Å²) >= 11 is 0. The summed E-state index contributed by atoms with van der Waals surface area (Å²) in [6.45, 7) is 0.304. The number of methoxy groups -OCH3 is 1. The first kappa shape index (κ1) is 20.0. The van der Waals surface area contributed by atoms with Gasteiger partial charge in [-0.25, -0.2) is 4.79 Å². The molecule has 0 bridgehead atoms. The fourth-order valence-electron chi connectivity index (χ4n) is 3.90. The average molecular weight is 389 g/mol. The van der Waals surface area contributed by atoms with Crippen molar-refractivity contribution in [2.24, 2.45) is 0 Å². The Balaban J connectivity index is 1.46. The van der Waals surface area contributed by atoms with E-state index in [0.29, 0.717) is 18.6 Å². The third-order valence-corrected chi connectivity index (χ3v) is 5.54. The second-order valence-corrected chi connectivity index (χ2v) is 7.20. The highest BCUT2D eigenvalue weighted by atomic mass is 16.5. The molecule has 4 amide bonds. The maximum absolute atomic E-state index is 12.9. The van der Waals surface area contributed by atoms with Crippen molar-refractivity contribution in [3.8, 4) is 11.5 Å².